The van der Waals surface area contributed by atoms with E-state index in [9.17, 15) is 40.0 Å². The number of piperidine rings is 2. The van der Waals surface area contributed by atoms with Crippen molar-refractivity contribution in [3.05, 3.63) is 58.9 Å². The van der Waals surface area contributed by atoms with Crippen molar-refractivity contribution in [2.45, 2.75) is 60.8 Å². The molecular formula is C25H22F5N3O4S. The van der Waals surface area contributed by atoms with Gasteiger partial charge >= 0.3 is 6.18 Å². The Kier molecular flexibility index (Phi) is 5.13. The van der Waals surface area contributed by atoms with Crippen molar-refractivity contribution in [1.82, 2.24) is 15.2 Å². The Labute approximate surface area is 214 Å². The molecule has 202 valence electrons. The fourth-order valence-electron chi connectivity index (χ4n) is 6.07. The number of nitrogens with one attached hydrogen (secondary N) is 1. The first-order chi connectivity index (χ1) is 17.7. The summed E-state index contributed by atoms with van der Waals surface area (Å²) in [5.41, 5.74) is -2.81. The SMILES string of the molecule is CS(=O)(=O)c1cncc(C(=O)N2[C@@H](C(=O)N[C@@H](c3cc(F)c(C(F)(F)F)cc3F)C3CC3)CC34CC23C4)c1. The molecule has 1 saturated heterocycles. The van der Waals surface area contributed by atoms with Gasteiger partial charge in [0.1, 0.15) is 17.7 Å². The standard InChI is InChI=1S/C25H22F5N3O4S/c1-38(36,37)14-4-13(8-31-9-14)22(35)33-19(7-23-10-24(23,33)11-23)21(34)32-20(12-2-3-12)15-5-18(27)16(6-17(15)26)25(28,29)30/h4-6,8-9,12,19-20H,2-3,7,10-11H2,1H3,(H,32,34)/t19-,20-,23?,24?/m1/s1. The minimum absolute atomic E-state index is 0.00398. The zero-order chi connectivity index (χ0) is 27.4. The molecule has 3 aliphatic carbocycles. The second-order valence-corrected chi connectivity index (χ2v) is 12.9. The van der Waals surface area contributed by atoms with E-state index >= 15 is 0 Å². The molecule has 3 saturated carbocycles. The van der Waals surface area contributed by atoms with Crippen LogP contribution >= 0.6 is 0 Å². The van der Waals surface area contributed by atoms with E-state index in [1.165, 1.54) is 17.2 Å². The van der Waals surface area contributed by atoms with Crippen LogP contribution in [0.5, 0.6) is 0 Å². The lowest BCUT2D eigenvalue weighted by atomic mass is 9.96. The molecule has 1 aliphatic heterocycles. The van der Waals surface area contributed by atoms with Gasteiger partial charge in [-0.15, -0.1) is 0 Å². The second-order valence-electron chi connectivity index (χ2n) is 10.9. The van der Waals surface area contributed by atoms with E-state index in [4.69, 9.17) is 0 Å². The normalized spacial score (nSPS) is 28.4. The van der Waals surface area contributed by atoms with Gasteiger partial charge < -0.3 is 10.2 Å². The highest BCUT2D eigenvalue weighted by Gasteiger charge is 2.91. The van der Waals surface area contributed by atoms with Gasteiger partial charge in [0, 0.05) is 29.6 Å². The quantitative estimate of drug-likeness (QED) is 0.548. The molecule has 2 heterocycles. The average Bonchev–Trinajstić information content (AvgIpc) is 3.76. The summed E-state index contributed by atoms with van der Waals surface area (Å²) in [6, 6.07) is -0.228. The number of aromatic nitrogens is 1. The van der Waals surface area contributed by atoms with Crippen LogP contribution in [0.25, 0.3) is 0 Å². The summed E-state index contributed by atoms with van der Waals surface area (Å²) < 4.78 is 92.0. The van der Waals surface area contributed by atoms with Gasteiger partial charge in [0.05, 0.1) is 27.6 Å². The molecule has 13 heteroatoms. The zero-order valence-electron chi connectivity index (χ0n) is 20.0. The first-order valence-electron chi connectivity index (χ1n) is 12.0. The van der Waals surface area contributed by atoms with Gasteiger partial charge in [0.2, 0.25) is 5.91 Å². The number of sulfone groups is 1. The Morgan fingerprint density at radius 2 is 1.79 bits per heavy atom. The van der Waals surface area contributed by atoms with Crippen LogP contribution in [-0.2, 0) is 20.8 Å². The molecule has 0 bridgehead atoms. The molecular weight excluding hydrogens is 533 g/mol. The maximum absolute atomic E-state index is 14.8. The topological polar surface area (TPSA) is 96.4 Å². The van der Waals surface area contributed by atoms with Crippen LogP contribution in [0.2, 0.25) is 0 Å². The van der Waals surface area contributed by atoms with Gasteiger partial charge in [-0.1, -0.05) is 0 Å². The molecule has 0 radical (unpaired) electrons. The fraction of sp³-hybridized carbons (Fsp3) is 0.480. The van der Waals surface area contributed by atoms with Gasteiger partial charge in [-0.05, 0) is 56.2 Å². The molecule has 0 spiro atoms. The minimum atomic E-state index is -5.07. The summed E-state index contributed by atoms with van der Waals surface area (Å²) in [6.45, 7) is 0. The summed E-state index contributed by atoms with van der Waals surface area (Å²) in [7, 11) is -3.64. The zero-order valence-corrected chi connectivity index (χ0v) is 20.8. The lowest BCUT2D eigenvalue weighted by Crippen LogP contribution is -2.52. The molecule has 2 amide bonds. The second kappa shape index (κ2) is 7.73. The molecule has 38 heavy (non-hydrogen) atoms. The fourth-order valence-corrected chi connectivity index (χ4v) is 6.66. The molecule has 1 N–H and O–H groups in total. The van der Waals surface area contributed by atoms with Gasteiger partial charge in [-0.3, -0.25) is 14.6 Å². The minimum Gasteiger partial charge on any atom is -0.347 e. The van der Waals surface area contributed by atoms with Gasteiger partial charge in [-0.2, -0.15) is 13.2 Å². The van der Waals surface area contributed by atoms with Crippen LogP contribution in [0, 0.1) is 23.0 Å². The van der Waals surface area contributed by atoms with E-state index in [-0.39, 0.29) is 33.4 Å². The predicted octanol–water partition coefficient (Wildman–Crippen LogP) is 3.80. The van der Waals surface area contributed by atoms with E-state index in [1.807, 2.05) is 0 Å². The Morgan fingerprint density at radius 1 is 1.11 bits per heavy atom. The van der Waals surface area contributed by atoms with E-state index in [0.29, 0.717) is 38.2 Å². The molecule has 7 nitrogen and oxygen atoms in total. The highest BCUT2D eigenvalue weighted by molar-refractivity contribution is 7.90. The lowest BCUT2D eigenvalue weighted by Gasteiger charge is -2.34. The Morgan fingerprint density at radius 3 is 2.39 bits per heavy atom. The van der Waals surface area contributed by atoms with Gasteiger partial charge in [-0.25, -0.2) is 17.2 Å². The van der Waals surface area contributed by atoms with Crippen LogP contribution in [0.3, 0.4) is 0 Å². The number of hydrogen-bond donors (Lipinski definition) is 1. The van der Waals surface area contributed by atoms with Crippen LogP contribution < -0.4 is 5.32 Å². The number of halogens is 5. The molecule has 1 aromatic heterocycles. The van der Waals surface area contributed by atoms with Gasteiger partial charge in [0.15, 0.2) is 9.84 Å². The van der Waals surface area contributed by atoms with Crippen molar-refractivity contribution in [2.75, 3.05) is 6.26 Å². The van der Waals surface area contributed by atoms with Crippen molar-refractivity contribution in [3.8, 4) is 0 Å². The third-order valence-electron chi connectivity index (χ3n) is 8.38. The van der Waals surface area contributed by atoms with Crippen LogP contribution in [-0.4, -0.2) is 48.0 Å². The van der Waals surface area contributed by atoms with Crippen molar-refractivity contribution in [3.63, 3.8) is 0 Å². The van der Waals surface area contributed by atoms with E-state index < -0.39 is 62.6 Å². The maximum atomic E-state index is 14.8. The largest absolute Gasteiger partial charge is 0.419 e. The summed E-state index contributed by atoms with van der Waals surface area (Å²) in [4.78, 5) is 32.2. The molecule has 1 aromatic carbocycles. The number of pyridine rings is 1. The van der Waals surface area contributed by atoms with Crippen molar-refractivity contribution in [2.24, 2.45) is 11.3 Å². The smallest absolute Gasteiger partial charge is 0.347 e. The Balaban J connectivity index is 1.28. The molecule has 4 aliphatic rings. The summed E-state index contributed by atoms with van der Waals surface area (Å²) in [6.07, 6.45) is 1.16. The van der Waals surface area contributed by atoms with Crippen molar-refractivity contribution in [1.29, 1.82) is 0 Å². The lowest BCUT2D eigenvalue weighted by molar-refractivity contribution is -0.140. The Bertz CT molecular complexity index is 1500. The van der Waals surface area contributed by atoms with Crippen molar-refractivity contribution < 1.29 is 40.0 Å². The highest BCUT2D eigenvalue weighted by atomic mass is 32.2. The average molecular weight is 556 g/mol. The monoisotopic (exact) mass is 555 g/mol. The molecule has 2 aromatic rings. The molecule has 0 unspecified atom stereocenters. The number of nitrogens with zero attached hydrogens (tertiary/aromatic N) is 2. The number of hydrogen-bond acceptors (Lipinski definition) is 5. The van der Waals surface area contributed by atoms with Gasteiger partial charge in [0.25, 0.3) is 5.91 Å². The Hall–Kier alpha value is -3.09. The predicted molar refractivity (Wildman–Crippen MR) is 121 cm³/mol. The maximum Gasteiger partial charge on any atom is 0.419 e. The first kappa shape index (κ1) is 25.2. The summed E-state index contributed by atoms with van der Waals surface area (Å²) >= 11 is 0. The van der Waals surface area contributed by atoms with E-state index in [1.54, 1.807) is 0 Å². The van der Waals surface area contributed by atoms with Crippen molar-refractivity contribution >= 4 is 21.7 Å². The van der Waals surface area contributed by atoms with Crippen LogP contribution in [0.1, 0.15) is 59.6 Å². The number of benzene rings is 1. The number of carbonyl (C=O) groups excluding carboxylic acids is 2. The first-order valence-corrected chi connectivity index (χ1v) is 13.9. The van der Waals surface area contributed by atoms with Crippen LogP contribution in [0.4, 0.5) is 22.0 Å². The van der Waals surface area contributed by atoms with E-state index in [2.05, 4.69) is 10.3 Å². The van der Waals surface area contributed by atoms with Crippen LogP contribution in [0.15, 0.2) is 35.5 Å². The van der Waals surface area contributed by atoms with E-state index in [0.717, 1.165) is 12.5 Å². The summed E-state index contributed by atoms with van der Waals surface area (Å²) in [5.74, 6) is -4.37. The number of amides is 2. The number of carbonyl (C=O) groups is 2. The molecule has 2 atom stereocenters. The third-order valence-corrected chi connectivity index (χ3v) is 9.46. The highest BCUT2D eigenvalue weighted by Crippen LogP contribution is 2.87. The summed E-state index contributed by atoms with van der Waals surface area (Å²) in [5, 5.41) is 2.68. The number of likely N-dealkylation sites (tertiary alicyclic amines) is 1. The molecule has 4 fully saturated rings. The number of rotatable bonds is 6. The molecule has 6 rings (SSSR count). The third kappa shape index (κ3) is 3.80. The number of alkyl halides is 3.